The molecule has 0 aromatic heterocycles. The number of rotatable bonds is 4. The third kappa shape index (κ3) is 5.22. The molecule has 0 fully saturated rings. The maximum Gasteiger partial charge on any atom is 0.338 e. The van der Waals surface area contributed by atoms with Crippen molar-refractivity contribution in [2.24, 2.45) is 0 Å². The van der Waals surface area contributed by atoms with Gasteiger partial charge in [0.05, 0.1) is 12.2 Å². The Morgan fingerprint density at radius 3 is 2.56 bits per heavy atom. The smallest absolute Gasteiger partial charge is 0.338 e. The predicted molar refractivity (Wildman–Crippen MR) is 98.7 cm³/mol. The summed E-state index contributed by atoms with van der Waals surface area (Å²) in [7, 11) is 0. The van der Waals surface area contributed by atoms with E-state index in [1.54, 1.807) is 45.9 Å². The molecule has 1 atom stereocenters. The largest absolute Gasteiger partial charge is 0.508 e. The van der Waals surface area contributed by atoms with Gasteiger partial charge in [0, 0.05) is 23.4 Å². The lowest BCUT2D eigenvalue weighted by atomic mass is 9.85. The van der Waals surface area contributed by atoms with Gasteiger partial charge in [-0.3, -0.25) is 10.1 Å². The minimum atomic E-state index is -0.746. The Kier molecular flexibility index (Phi) is 6.09. The Bertz CT molecular complexity index is 780. The highest BCUT2D eigenvalue weighted by molar-refractivity contribution is 5.97. The molecule has 1 aliphatic heterocycles. The summed E-state index contributed by atoms with van der Waals surface area (Å²) in [6.45, 7) is 7.20. The van der Waals surface area contributed by atoms with Crippen LogP contribution in [0.1, 0.15) is 45.6 Å². The van der Waals surface area contributed by atoms with Crippen LogP contribution in [0, 0.1) is 0 Å². The number of phenolic OH excluding ortho intramolecular Hbond substituents is 1. The Labute approximate surface area is 158 Å². The first-order valence-electron chi connectivity index (χ1n) is 8.70. The highest BCUT2D eigenvalue weighted by Crippen LogP contribution is 2.37. The summed E-state index contributed by atoms with van der Waals surface area (Å²) in [4.78, 5) is 37.1. The predicted octanol–water partition coefficient (Wildman–Crippen LogP) is 1.87. The van der Waals surface area contributed by atoms with E-state index in [1.165, 1.54) is 6.07 Å². The molecule has 4 N–H and O–H groups in total. The van der Waals surface area contributed by atoms with Crippen LogP contribution in [0.2, 0.25) is 0 Å². The molecule has 3 amide bonds. The molecule has 0 saturated heterocycles. The lowest BCUT2D eigenvalue weighted by Gasteiger charge is -2.29. The molecule has 1 aromatic rings. The lowest BCUT2D eigenvalue weighted by Crippen LogP contribution is -2.50. The average Bonchev–Trinajstić information content (AvgIpc) is 2.53. The first-order valence-corrected chi connectivity index (χ1v) is 8.70. The van der Waals surface area contributed by atoms with E-state index in [2.05, 4.69) is 16.0 Å². The van der Waals surface area contributed by atoms with Crippen molar-refractivity contribution in [2.75, 3.05) is 6.61 Å². The van der Waals surface area contributed by atoms with E-state index in [0.717, 1.165) is 0 Å². The summed E-state index contributed by atoms with van der Waals surface area (Å²) >= 11 is 0. The number of amides is 3. The minimum Gasteiger partial charge on any atom is -0.508 e. The maximum absolute atomic E-state index is 12.6. The van der Waals surface area contributed by atoms with Crippen LogP contribution < -0.4 is 16.0 Å². The Morgan fingerprint density at radius 1 is 1.30 bits per heavy atom. The van der Waals surface area contributed by atoms with Crippen LogP contribution in [-0.4, -0.2) is 35.2 Å². The summed E-state index contributed by atoms with van der Waals surface area (Å²) in [5.74, 6) is -1.89. The number of carbonyl (C=O) groups is 3. The fourth-order valence-electron chi connectivity index (χ4n) is 2.80. The Morgan fingerprint density at radius 2 is 1.96 bits per heavy atom. The zero-order valence-electron chi connectivity index (χ0n) is 15.9. The van der Waals surface area contributed by atoms with Crippen LogP contribution in [0.25, 0.3) is 0 Å². The van der Waals surface area contributed by atoms with Crippen molar-refractivity contribution < 1.29 is 24.2 Å². The van der Waals surface area contributed by atoms with Crippen LogP contribution in [0.15, 0.2) is 35.7 Å². The second kappa shape index (κ2) is 8.11. The number of phenols is 1. The Balaban J connectivity index is 2.49. The molecule has 1 heterocycles. The van der Waals surface area contributed by atoms with Gasteiger partial charge in [0.25, 0.3) is 0 Å². The number of carbonyl (C=O) groups excluding carboxylic acids is 3. The zero-order valence-corrected chi connectivity index (χ0v) is 15.9. The van der Waals surface area contributed by atoms with E-state index in [4.69, 9.17) is 4.74 Å². The van der Waals surface area contributed by atoms with Crippen molar-refractivity contribution in [3.05, 3.63) is 41.2 Å². The SMILES string of the molecule is CCOC(=O)C1=C(NC(=O)NC(C)(C)C)NC(=O)CC1c1ccccc1O. The van der Waals surface area contributed by atoms with Crippen molar-refractivity contribution >= 4 is 17.9 Å². The van der Waals surface area contributed by atoms with Crippen LogP contribution in [0.3, 0.4) is 0 Å². The number of urea groups is 1. The third-order valence-corrected chi connectivity index (χ3v) is 3.81. The second-order valence-corrected chi connectivity index (χ2v) is 7.20. The lowest BCUT2D eigenvalue weighted by molar-refractivity contribution is -0.139. The van der Waals surface area contributed by atoms with Crippen molar-refractivity contribution in [1.82, 2.24) is 16.0 Å². The molecular formula is C19H25N3O5. The highest BCUT2D eigenvalue weighted by Gasteiger charge is 2.36. The van der Waals surface area contributed by atoms with Gasteiger partial charge in [-0.25, -0.2) is 9.59 Å². The van der Waals surface area contributed by atoms with Crippen molar-refractivity contribution in [3.8, 4) is 5.75 Å². The first kappa shape index (κ1) is 20.3. The number of nitrogens with one attached hydrogen (secondary N) is 3. The fourth-order valence-corrected chi connectivity index (χ4v) is 2.80. The van der Waals surface area contributed by atoms with E-state index >= 15 is 0 Å². The molecule has 146 valence electrons. The second-order valence-electron chi connectivity index (χ2n) is 7.20. The number of hydrogen-bond donors (Lipinski definition) is 4. The minimum absolute atomic E-state index is 0.0419. The van der Waals surface area contributed by atoms with E-state index in [1.807, 2.05) is 0 Å². The van der Waals surface area contributed by atoms with Gasteiger partial charge >= 0.3 is 12.0 Å². The maximum atomic E-state index is 12.6. The summed E-state index contributed by atoms with van der Waals surface area (Å²) in [5.41, 5.74) is -0.0160. The van der Waals surface area contributed by atoms with Gasteiger partial charge in [0.15, 0.2) is 0 Å². The molecule has 8 nitrogen and oxygen atoms in total. The summed E-state index contributed by atoms with van der Waals surface area (Å²) < 4.78 is 5.12. The number of para-hydroxylation sites is 1. The summed E-state index contributed by atoms with van der Waals surface area (Å²) in [6.07, 6.45) is -0.0577. The molecule has 8 heteroatoms. The van der Waals surface area contributed by atoms with Crippen LogP contribution in [0.5, 0.6) is 5.75 Å². The summed E-state index contributed by atoms with van der Waals surface area (Å²) in [6, 6.07) is 5.88. The molecular weight excluding hydrogens is 350 g/mol. The van der Waals surface area contributed by atoms with E-state index < -0.39 is 23.5 Å². The monoisotopic (exact) mass is 375 g/mol. The molecule has 0 saturated carbocycles. The van der Waals surface area contributed by atoms with E-state index in [-0.39, 0.29) is 36.1 Å². The van der Waals surface area contributed by atoms with Crippen molar-refractivity contribution in [2.45, 2.75) is 45.6 Å². The number of hydrogen-bond acceptors (Lipinski definition) is 5. The third-order valence-electron chi connectivity index (χ3n) is 3.81. The quantitative estimate of drug-likeness (QED) is 0.600. The average molecular weight is 375 g/mol. The van der Waals surface area contributed by atoms with Crippen molar-refractivity contribution in [3.63, 3.8) is 0 Å². The van der Waals surface area contributed by atoms with Gasteiger partial charge < -0.3 is 20.5 Å². The zero-order chi connectivity index (χ0) is 20.2. The summed E-state index contributed by atoms with van der Waals surface area (Å²) in [5, 5.41) is 18.0. The topological polar surface area (TPSA) is 117 Å². The van der Waals surface area contributed by atoms with E-state index in [0.29, 0.717) is 5.56 Å². The Hall–Kier alpha value is -3.03. The molecule has 0 radical (unpaired) electrons. The first-order chi connectivity index (χ1) is 12.6. The van der Waals surface area contributed by atoms with Gasteiger partial charge in [0.1, 0.15) is 11.6 Å². The number of esters is 1. The van der Waals surface area contributed by atoms with Gasteiger partial charge in [-0.1, -0.05) is 18.2 Å². The standard InChI is InChI=1S/C19H25N3O5/c1-5-27-17(25)15-12(11-8-6-7-9-13(11)23)10-14(24)20-16(15)21-18(26)22-19(2,3)4/h6-9,12,23H,5,10H2,1-4H3,(H,20,24)(H2,21,22,26). The molecule has 1 aromatic carbocycles. The highest BCUT2D eigenvalue weighted by atomic mass is 16.5. The van der Waals surface area contributed by atoms with Gasteiger partial charge in [0.2, 0.25) is 5.91 Å². The molecule has 0 aliphatic carbocycles. The molecule has 0 spiro atoms. The van der Waals surface area contributed by atoms with Gasteiger partial charge in [-0.15, -0.1) is 0 Å². The number of benzene rings is 1. The number of aromatic hydroxyl groups is 1. The van der Waals surface area contributed by atoms with Crippen LogP contribution in [-0.2, 0) is 14.3 Å². The fraction of sp³-hybridized carbons (Fsp3) is 0.421. The van der Waals surface area contributed by atoms with Gasteiger partial charge in [-0.05, 0) is 33.8 Å². The van der Waals surface area contributed by atoms with E-state index in [9.17, 15) is 19.5 Å². The molecule has 1 unspecified atom stereocenters. The molecule has 27 heavy (non-hydrogen) atoms. The van der Waals surface area contributed by atoms with Crippen LogP contribution in [0.4, 0.5) is 4.79 Å². The van der Waals surface area contributed by atoms with Gasteiger partial charge in [-0.2, -0.15) is 0 Å². The normalized spacial score (nSPS) is 17.2. The molecule has 2 rings (SSSR count). The van der Waals surface area contributed by atoms with Crippen molar-refractivity contribution in [1.29, 1.82) is 0 Å². The molecule has 1 aliphatic rings. The molecule has 0 bridgehead atoms. The van der Waals surface area contributed by atoms with Crippen LogP contribution >= 0.6 is 0 Å². The number of ether oxygens (including phenoxy) is 1.